The minimum Gasteiger partial charge on any atom is -0.455 e. The average Bonchev–Trinajstić information content (AvgIpc) is 3.36. The van der Waals surface area contributed by atoms with Gasteiger partial charge in [-0.15, -0.1) is 0 Å². The second-order valence-electron chi connectivity index (χ2n) is 13.5. The van der Waals surface area contributed by atoms with Crippen LogP contribution in [0.2, 0.25) is 0 Å². The lowest BCUT2D eigenvalue weighted by molar-refractivity contribution is 0.224. The van der Waals surface area contributed by atoms with Crippen molar-refractivity contribution in [3.63, 3.8) is 0 Å². The maximum Gasteiger partial charge on any atom is 0.144 e. The number of para-hydroxylation sites is 1. The standard InChI is InChI=1S/C38H39NO/c1-23-22-39-34(21-33(23)24-16-18-38(5,6)19-17-24)32-9-7-8-29-31-15-14-28-27-13-11-26(37(2,3)4)20-25(27)10-12-30(28)35(31)40-36(29)32/h7-15,20-22,24H,16-19H2,1-6H3/i1D3,24D. The quantitative estimate of drug-likeness (QED) is 0.208. The third-order valence-electron chi connectivity index (χ3n) is 9.11. The maximum atomic E-state index is 9.47. The summed E-state index contributed by atoms with van der Waals surface area (Å²) in [6, 6.07) is 23.3. The minimum absolute atomic E-state index is 0.0744. The highest BCUT2D eigenvalue weighted by atomic mass is 16.3. The molecule has 0 bridgehead atoms. The zero-order chi connectivity index (χ0) is 31.2. The largest absolute Gasteiger partial charge is 0.455 e. The molecule has 0 spiro atoms. The Hall–Kier alpha value is -3.65. The zero-order valence-electron chi connectivity index (χ0n) is 28.1. The van der Waals surface area contributed by atoms with Gasteiger partial charge in [-0.2, -0.15) is 0 Å². The molecule has 0 N–H and O–H groups in total. The van der Waals surface area contributed by atoms with Crippen LogP contribution in [0, 0.1) is 12.3 Å². The number of hydrogen-bond donors (Lipinski definition) is 0. The Balaban J connectivity index is 1.41. The molecule has 0 amide bonds. The first-order valence-corrected chi connectivity index (χ1v) is 14.5. The predicted octanol–water partition coefficient (Wildman–Crippen LogP) is 11.2. The second-order valence-corrected chi connectivity index (χ2v) is 13.5. The van der Waals surface area contributed by atoms with Crippen molar-refractivity contribution < 1.29 is 9.90 Å². The molecule has 7 rings (SSSR count). The summed E-state index contributed by atoms with van der Waals surface area (Å²) in [5.41, 5.74) is 5.28. The van der Waals surface area contributed by atoms with Crippen molar-refractivity contribution in [3.05, 3.63) is 89.6 Å². The van der Waals surface area contributed by atoms with E-state index < -0.39 is 12.7 Å². The minimum atomic E-state index is -2.34. The van der Waals surface area contributed by atoms with Gasteiger partial charge in [0.05, 0.1) is 5.69 Å². The van der Waals surface area contributed by atoms with Crippen molar-refractivity contribution in [3.8, 4) is 11.3 Å². The summed E-state index contributed by atoms with van der Waals surface area (Å²) < 4.78 is 40.9. The summed E-state index contributed by atoms with van der Waals surface area (Å²) in [7, 11) is 0. The number of fused-ring (bicyclic) bond motifs is 7. The Kier molecular flexibility index (Phi) is 4.72. The van der Waals surface area contributed by atoms with Gasteiger partial charge in [-0.05, 0) is 106 Å². The number of furan rings is 1. The molecule has 0 atom stereocenters. The van der Waals surface area contributed by atoms with Gasteiger partial charge in [0.15, 0.2) is 0 Å². The van der Waals surface area contributed by atoms with Crippen LogP contribution in [0.4, 0.5) is 0 Å². The smallest absolute Gasteiger partial charge is 0.144 e. The SMILES string of the molecule is [2H]C([2H])([2H])c1cnc(-c2cccc3c2oc2c3ccc3c4ccc(C(C)(C)C)cc4ccc32)cc1C1([2H])CCC(C)(C)CC1. The van der Waals surface area contributed by atoms with Crippen molar-refractivity contribution in [2.45, 2.75) is 78.5 Å². The van der Waals surface area contributed by atoms with E-state index in [0.29, 0.717) is 24.1 Å². The molecule has 2 aromatic heterocycles. The average molecular weight is 530 g/mol. The fourth-order valence-corrected chi connectivity index (χ4v) is 6.46. The van der Waals surface area contributed by atoms with Crippen molar-refractivity contribution in [2.24, 2.45) is 5.41 Å². The molecule has 1 aliphatic carbocycles. The number of nitrogens with zero attached hydrogens (tertiary/aromatic N) is 1. The van der Waals surface area contributed by atoms with Crippen LogP contribution in [-0.2, 0) is 5.41 Å². The van der Waals surface area contributed by atoms with Gasteiger partial charge >= 0.3 is 0 Å². The third kappa shape index (κ3) is 4.12. The molecule has 0 saturated heterocycles. The van der Waals surface area contributed by atoms with Crippen LogP contribution in [0.25, 0.3) is 54.7 Å². The summed E-state index contributed by atoms with van der Waals surface area (Å²) in [6.45, 7) is 8.82. The first-order valence-electron chi connectivity index (χ1n) is 16.5. The van der Waals surface area contributed by atoms with Crippen molar-refractivity contribution in [1.29, 1.82) is 0 Å². The molecule has 1 aliphatic rings. The van der Waals surface area contributed by atoms with Gasteiger partial charge in [0.1, 0.15) is 11.2 Å². The number of aromatic nitrogens is 1. The molecule has 202 valence electrons. The van der Waals surface area contributed by atoms with E-state index in [2.05, 4.69) is 88.1 Å². The molecule has 0 radical (unpaired) electrons. The Labute approximate surface area is 243 Å². The van der Waals surface area contributed by atoms with E-state index in [1.807, 2.05) is 18.2 Å². The van der Waals surface area contributed by atoms with Gasteiger partial charge in [0, 0.05) is 33.4 Å². The molecular weight excluding hydrogens is 486 g/mol. The molecule has 1 fully saturated rings. The normalized spacial score (nSPS) is 19.0. The maximum absolute atomic E-state index is 9.47. The first-order chi connectivity index (χ1) is 20.6. The molecule has 2 nitrogen and oxygen atoms in total. The molecule has 1 saturated carbocycles. The van der Waals surface area contributed by atoms with Crippen LogP contribution in [0.3, 0.4) is 0 Å². The van der Waals surface area contributed by atoms with Gasteiger partial charge in [-0.25, -0.2) is 0 Å². The number of benzene rings is 4. The second kappa shape index (κ2) is 8.93. The highest BCUT2D eigenvalue weighted by Crippen LogP contribution is 2.45. The van der Waals surface area contributed by atoms with Crippen LogP contribution in [0.1, 0.15) is 88.4 Å². The van der Waals surface area contributed by atoms with E-state index in [9.17, 15) is 1.37 Å². The van der Waals surface area contributed by atoms with Gasteiger partial charge < -0.3 is 4.42 Å². The van der Waals surface area contributed by atoms with Crippen LogP contribution in [0.15, 0.2) is 77.3 Å². The van der Waals surface area contributed by atoms with Crippen LogP contribution in [-0.4, -0.2) is 4.98 Å². The molecule has 2 heterocycles. The molecule has 0 aliphatic heterocycles. The molecule has 40 heavy (non-hydrogen) atoms. The Morgan fingerprint density at radius 2 is 1.55 bits per heavy atom. The molecule has 4 aromatic carbocycles. The molecular formula is C38H39NO. The number of pyridine rings is 1. The van der Waals surface area contributed by atoms with Crippen LogP contribution >= 0.6 is 0 Å². The first kappa shape index (κ1) is 21.1. The van der Waals surface area contributed by atoms with Crippen molar-refractivity contribution >= 4 is 43.5 Å². The van der Waals surface area contributed by atoms with E-state index in [-0.39, 0.29) is 16.4 Å². The van der Waals surface area contributed by atoms with Gasteiger partial charge in [0.2, 0.25) is 0 Å². The van der Waals surface area contributed by atoms with Gasteiger partial charge in [0.25, 0.3) is 0 Å². The van der Waals surface area contributed by atoms with Crippen LogP contribution in [0.5, 0.6) is 0 Å². The monoisotopic (exact) mass is 529 g/mol. The summed E-state index contributed by atoms with van der Waals surface area (Å²) >= 11 is 0. The Morgan fingerprint density at radius 1 is 0.850 bits per heavy atom. The highest BCUT2D eigenvalue weighted by molar-refractivity contribution is 6.21. The fraction of sp³-hybridized carbons (Fsp3) is 0.342. The summed E-state index contributed by atoms with van der Waals surface area (Å²) in [5, 5.41) is 6.64. The number of hydrogen-bond acceptors (Lipinski definition) is 2. The fourth-order valence-electron chi connectivity index (χ4n) is 6.46. The lowest BCUT2D eigenvalue weighted by Crippen LogP contribution is -2.20. The molecule has 2 heteroatoms. The van der Waals surface area contributed by atoms with Gasteiger partial charge in [-0.1, -0.05) is 77.1 Å². The van der Waals surface area contributed by atoms with E-state index in [1.54, 1.807) is 0 Å². The summed E-state index contributed by atoms with van der Waals surface area (Å²) in [4.78, 5) is 4.68. The Morgan fingerprint density at radius 3 is 2.33 bits per heavy atom. The van der Waals surface area contributed by atoms with E-state index in [0.717, 1.165) is 51.1 Å². The highest BCUT2D eigenvalue weighted by Gasteiger charge is 2.29. The molecule has 0 unspecified atom stereocenters. The number of rotatable bonds is 2. The van der Waals surface area contributed by atoms with E-state index in [1.165, 1.54) is 22.5 Å². The third-order valence-corrected chi connectivity index (χ3v) is 9.11. The van der Waals surface area contributed by atoms with E-state index >= 15 is 0 Å². The predicted molar refractivity (Wildman–Crippen MR) is 170 cm³/mol. The van der Waals surface area contributed by atoms with Crippen molar-refractivity contribution in [1.82, 2.24) is 4.98 Å². The lowest BCUT2D eigenvalue weighted by atomic mass is 9.71. The lowest BCUT2D eigenvalue weighted by Gasteiger charge is -2.35. The van der Waals surface area contributed by atoms with Crippen molar-refractivity contribution in [2.75, 3.05) is 0 Å². The molecule has 6 aromatic rings. The summed E-state index contributed by atoms with van der Waals surface area (Å²) in [6.07, 6.45) is 4.49. The van der Waals surface area contributed by atoms with Gasteiger partial charge in [-0.3, -0.25) is 4.98 Å². The topological polar surface area (TPSA) is 26.0 Å². The van der Waals surface area contributed by atoms with E-state index in [4.69, 9.17) is 8.53 Å². The number of aryl methyl sites for hydroxylation is 1. The zero-order valence-corrected chi connectivity index (χ0v) is 24.1. The van der Waals surface area contributed by atoms with Crippen LogP contribution < -0.4 is 0 Å². The Bertz CT molecular complexity index is 2080. The summed E-state index contributed by atoms with van der Waals surface area (Å²) in [5.74, 6) is -0.969.